The molecule has 218 valence electrons. The van der Waals surface area contributed by atoms with Crippen LogP contribution in [0.25, 0.3) is 55.9 Å². The Balaban J connectivity index is 1.11. The molecule has 0 spiro atoms. The van der Waals surface area contributed by atoms with E-state index in [2.05, 4.69) is 139 Å². The predicted octanol–water partition coefficient (Wildman–Crippen LogP) is 10.7. The highest BCUT2D eigenvalue weighted by molar-refractivity contribution is 5.88. The molecule has 0 saturated carbocycles. The van der Waals surface area contributed by atoms with Gasteiger partial charge in [-0.25, -0.2) is 0 Å². The van der Waals surface area contributed by atoms with Gasteiger partial charge in [0.15, 0.2) is 0 Å². The minimum atomic E-state index is -0.115. The zero-order valence-electron chi connectivity index (χ0n) is 26.8. The molecule has 0 aliphatic heterocycles. The largest absolute Gasteiger partial charge is 0.256 e. The van der Waals surface area contributed by atoms with E-state index in [9.17, 15) is 0 Å². The Morgan fingerprint density at radius 3 is 1.18 bits per heavy atom. The van der Waals surface area contributed by atoms with Crippen LogP contribution in [0.1, 0.15) is 74.9 Å². The molecule has 6 aromatic rings. The molecule has 0 unspecified atom stereocenters. The van der Waals surface area contributed by atoms with Gasteiger partial charge in [-0.1, -0.05) is 102 Å². The fraction of sp³-hybridized carbons (Fsp3) is 0.209. The summed E-state index contributed by atoms with van der Waals surface area (Å²) in [5.74, 6) is 0. The second kappa shape index (κ2) is 8.67. The Morgan fingerprint density at radius 1 is 0.356 bits per heavy atom. The zero-order valence-corrected chi connectivity index (χ0v) is 26.8. The van der Waals surface area contributed by atoms with Gasteiger partial charge in [-0.3, -0.25) is 9.97 Å². The first-order valence-corrected chi connectivity index (χ1v) is 16.1. The summed E-state index contributed by atoms with van der Waals surface area (Å²) in [6.07, 6.45) is 3.83. The minimum Gasteiger partial charge on any atom is -0.256 e. The number of aromatic nitrogens is 2. The third-order valence-electron chi connectivity index (χ3n) is 11.2. The molecule has 0 fully saturated rings. The van der Waals surface area contributed by atoms with E-state index in [4.69, 9.17) is 9.97 Å². The second-order valence-electron chi connectivity index (χ2n) is 14.7. The Labute approximate surface area is 265 Å². The van der Waals surface area contributed by atoms with Gasteiger partial charge in [-0.15, -0.1) is 0 Å². The number of benzene rings is 4. The molecule has 3 aliphatic carbocycles. The summed E-state index contributed by atoms with van der Waals surface area (Å²) in [6.45, 7) is 14.0. The first kappa shape index (κ1) is 26.6. The van der Waals surface area contributed by atoms with Gasteiger partial charge >= 0.3 is 0 Å². The lowest BCUT2D eigenvalue weighted by atomic mass is 9.80. The highest BCUT2D eigenvalue weighted by Crippen LogP contribution is 2.53. The van der Waals surface area contributed by atoms with E-state index in [1.165, 1.54) is 77.9 Å². The molecule has 0 bridgehead atoms. The molecule has 0 N–H and O–H groups in total. The van der Waals surface area contributed by atoms with Crippen LogP contribution in [-0.4, -0.2) is 9.97 Å². The van der Waals surface area contributed by atoms with Crippen molar-refractivity contribution in [2.75, 3.05) is 0 Å². The summed E-state index contributed by atoms with van der Waals surface area (Å²) in [5.41, 5.74) is 20.4. The molecule has 0 amide bonds. The van der Waals surface area contributed by atoms with Gasteiger partial charge in [-0.2, -0.15) is 0 Å². The van der Waals surface area contributed by atoms with Crippen LogP contribution in [0.5, 0.6) is 0 Å². The Morgan fingerprint density at radius 2 is 0.733 bits per heavy atom. The van der Waals surface area contributed by atoms with E-state index in [0.29, 0.717) is 0 Å². The normalized spacial score (nSPS) is 16.8. The van der Waals surface area contributed by atoms with Gasteiger partial charge in [0.25, 0.3) is 0 Å². The number of hydrogen-bond acceptors (Lipinski definition) is 2. The number of rotatable bonds is 2. The summed E-state index contributed by atoms with van der Waals surface area (Å²) >= 11 is 0. The van der Waals surface area contributed by atoms with Crippen LogP contribution in [0.4, 0.5) is 0 Å². The molecule has 0 radical (unpaired) electrons. The lowest BCUT2D eigenvalue weighted by molar-refractivity contribution is 0.659. The summed E-state index contributed by atoms with van der Waals surface area (Å²) in [7, 11) is 0. The third kappa shape index (κ3) is 3.46. The van der Waals surface area contributed by atoms with Crippen molar-refractivity contribution in [1.29, 1.82) is 0 Å². The SMILES string of the molecule is CC1(C)c2cc(-c3ccc4c(c3)-c3ncccc3C4(C)C)ccc2-c2ccc(-c3ccc4c(c3)-c3ncccc3C4(C)C)cc21. The lowest BCUT2D eigenvalue weighted by Crippen LogP contribution is -2.15. The standard InChI is InChI=1S/C43H36N2/c1-41(2)33-17-13-25(21-31(33)39-35(41)9-7-19-44-39)27-11-15-29-30-16-12-28(24-38(30)43(5,6)37(29)23-27)26-14-18-34-32(22-26)40-36(42(34,3)4)10-8-20-45-40/h7-24H,1-6H3. The zero-order chi connectivity index (χ0) is 30.9. The fourth-order valence-corrected chi connectivity index (χ4v) is 8.56. The lowest BCUT2D eigenvalue weighted by Gasteiger charge is -2.23. The fourth-order valence-electron chi connectivity index (χ4n) is 8.56. The molecule has 2 nitrogen and oxygen atoms in total. The highest BCUT2D eigenvalue weighted by atomic mass is 14.7. The third-order valence-corrected chi connectivity index (χ3v) is 11.2. The molecular formula is C43H36N2. The molecule has 2 heteroatoms. The van der Waals surface area contributed by atoms with Gasteiger partial charge < -0.3 is 0 Å². The summed E-state index contributed by atoms with van der Waals surface area (Å²) < 4.78 is 0. The van der Waals surface area contributed by atoms with Crippen LogP contribution in [-0.2, 0) is 16.2 Å². The van der Waals surface area contributed by atoms with Crippen LogP contribution in [0.2, 0.25) is 0 Å². The van der Waals surface area contributed by atoms with Crippen molar-refractivity contribution < 1.29 is 0 Å². The maximum Gasteiger partial charge on any atom is 0.0746 e. The van der Waals surface area contributed by atoms with E-state index in [-0.39, 0.29) is 16.2 Å². The van der Waals surface area contributed by atoms with E-state index >= 15 is 0 Å². The quantitative estimate of drug-likeness (QED) is 0.204. The van der Waals surface area contributed by atoms with Crippen molar-refractivity contribution in [3.05, 3.63) is 143 Å². The maximum atomic E-state index is 4.81. The van der Waals surface area contributed by atoms with E-state index in [0.717, 1.165) is 11.4 Å². The Bertz CT molecular complexity index is 2090. The van der Waals surface area contributed by atoms with E-state index in [1.54, 1.807) is 0 Å². The first-order valence-electron chi connectivity index (χ1n) is 16.1. The number of pyridine rings is 2. The average Bonchev–Trinajstić information content (AvgIpc) is 3.53. The smallest absolute Gasteiger partial charge is 0.0746 e. The molecule has 0 saturated heterocycles. The maximum absolute atomic E-state index is 4.81. The number of nitrogens with zero attached hydrogens (tertiary/aromatic N) is 2. The monoisotopic (exact) mass is 580 g/mol. The topological polar surface area (TPSA) is 25.8 Å². The Hall–Kier alpha value is -4.82. The van der Waals surface area contributed by atoms with Crippen molar-refractivity contribution in [3.8, 4) is 55.9 Å². The average molecular weight is 581 g/mol. The van der Waals surface area contributed by atoms with Crippen LogP contribution < -0.4 is 0 Å². The van der Waals surface area contributed by atoms with E-state index < -0.39 is 0 Å². The van der Waals surface area contributed by atoms with Crippen LogP contribution in [0.3, 0.4) is 0 Å². The molecule has 2 aromatic heterocycles. The van der Waals surface area contributed by atoms with Crippen molar-refractivity contribution in [2.45, 2.75) is 57.8 Å². The number of fused-ring (bicyclic) bond motifs is 9. The van der Waals surface area contributed by atoms with Crippen molar-refractivity contribution in [1.82, 2.24) is 9.97 Å². The second-order valence-corrected chi connectivity index (χ2v) is 14.7. The molecule has 2 heterocycles. The molecule has 45 heavy (non-hydrogen) atoms. The molecular weight excluding hydrogens is 544 g/mol. The van der Waals surface area contributed by atoms with Crippen molar-refractivity contribution in [2.24, 2.45) is 0 Å². The van der Waals surface area contributed by atoms with Crippen molar-refractivity contribution >= 4 is 0 Å². The number of hydrogen-bond donors (Lipinski definition) is 0. The summed E-state index contributed by atoms with van der Waals surface area (Å²) in [6, 6.07) is 36.6. The minimum absolute atomic E-state index is 0.0360. The van der Waals surface area contributed by atoms with Crippen LogP contribution in [0.15, 0.2) is 109 Å². The first-order chi connectivity index (χ1) is 21.6. The predicted molar refractivity (Wildman–Crippen MR) is 186 cm³/mol. The Kier molecular flexibility index (Phi) is 5.12. The van der Waals surface area contributed by atoms with Gasteiger partial charge in [0.1, 0.15) is 0 Å². The van der Waals surface area contributed by atoms with Gasteiger partial charge in [0.2, 0.25) is 0 Å². The van der Waals surface area contributed by atoms with Gasteiger partial charge in [0.05, 0.1) is 11.4 Å². The van der Waals surface area contributed by atoms with Crippen molar-refractivity contribution in [3.63, 3.8) is 0 Å². The molecule has 3 aliphatic rings. The highest BCUT2D eigenvalue weighted by Gasteiger charge is 2.39. The summed E-state index contributed by atoms with van der Waals surface area (Å²) in [4.78, 5) is 9.61. The molecule has 0 atom stereocenters. The van der Waals surface area contributed by atoms with E-state index in [1.807, 2.05) is 12.4 Å². The van der Waals surface area contributed by atoms with Crippen LogP contribution in [0, 0.1) is 0 Å². The van der Waals surface area contributed by atoms with Gasteiger partial charge in [-0.05, 0) is 103 Å². The summed E-state index contributed by atoms with van der Waals surface area (Å²) in [5, 5.41) is 0. The molecule has 4 aromatic carbocycles. The van der Waals surface area contributed by atoms with Crippen LogP contribution >= 0.6 is 0 Å². The molecule has 9 rings (SSSR count). The van der Waals surface area contributed by atoms with Gasteiger partial charge in [0, 0.05) is 39.8 Å².